The Hall–Kier alpha value is -1.84. The van der Waals surface area contributed by atoms with Crippen molar-refractivity contribution < 1.29 is 14.2 Å². The first-order valence-corrected chi connectivity index (χ1v) is 6.51. The Morgan fingerprint density at radius 2 is 1.58 bits per heavy atom. The Morgan fingerprint density at radius 3 is 2.26 bits per heavy atom. The third-order valence-corrected chi connectivity index (χ3v) is 3.41. The summed E-state index contributed by atoms with van der Waals surface area (Å²) in [6.45, 7) is 1.57. The van der Waals surface area contributed by atoms with Gasteiger partial charge in [0.25, 0.3) is 0 Å². The van der Waals surface area contributed by atoms with Crippen molar-refractivity contribution in [1.82, 2.24) is 0 Å². The molecule has 2 heterocycles. The molecule has 2 aromatic rings. The molecule has 0 radical (unpaired) electrons. The lowest BCUT2D eigenvalue weighted by molar-refractivity contribution is 0.389. The second-order valence-electron chi connectivity index (χ2n) is 4.82. The Bertz CT molecular complexity index is 586. The molecule has 3 heteroatoms. The lowest BCUT2D eigenvalue weighted by Gasteiger charge is -2.13. The van der Waals surface area contributed by atoms with Crippen molar-refractivity contribution in [3.8, 4) is 11.5 Å². The number of benzene rings is 2. The van der Waals surface area contributed by atoms with Crippen molar-refractivity contribution in [3.05, 3.63) is 59.7 Å². The average Bonchev–Trinajstić information content (AvgIpc) is 3.31. The maximum atomic E-state index is 5.99. The predicted octanol–water partition coefficient (Wildman–Crippen LogP) is 3.62. The molecule has 2 aromatic carbocycles. The van der Waals surface area contributed by atoms with E-state index in [2.05, 4.69) is 6.07 Å². The van der Waals surface area contributed by atoms with E-state index >= 15 is 0 Å². The van der Waals surface area contributed by atoms with E-state index in [1.165, 1.54) is 5.56 Å². The molecular formula is C16H14O3. The minimum Gasteiger partial charge on any atom is -0.457 e. The van der Waals surface area contributed by atoms with Gasteiger partial charge in [0.1, 0.15) is 23.7 Å². The van der Waals surface area contributed by atoms with E-state index in [1.54, 1.807) is 0 Å². The molecule has 0 saturated carbocycles. The van der Waals surface area contributed by atoms with E-state index in [4.69, 9.17) is 14.2 Å². The van der Waals surface area contributed by atoms with Crippen LogP contribution in [0.25, 0.3) is 0 Å². The van der Waals surface area contributed by atoms with Gasteiger partial charge in [-0.05, 0) is 23.8 Å². The summed E-state index contributed by atoms with van der Waals surface area (Å²) in [5.74, 6) is 1.72. The van der Waals surface area contributed by atoms with Gasteiger partial charge in [-0.3, -0.25) is 0 Å². The second-order valence-corrected chi connectivity index (χ2v) is 4.82. The zero-order valence-corrected chi connectivity index (χ0v) is 10.4. The van der Waals surface area contributed by atoms with Gasteiger partial charge in [-0.1, -0.05) is 30.3 Å². The van der Waals surface area contributed by atoms with Crippen LogP contribution in [0.3, 0.4) is 0 Å². The number of hydrogen-bond donors (Lipinski definition) is 0. The van der Waals surface area contributed by atoms with Gasteiger partial charge in [0.15, 0.2) is 0 Å². The maximum Gasteiger partial charge on any atom is 0.133 e. The number of hydrogen-bond acceptors (Lipinski definition) is 3. The summed E-state index contributed by atoms with van der Waals surface area (Å²) < 4.78 is 16.9. The molecular weight excluding hydrogens is 240 g/mol. The highest BCUT2D eigenvalue weighted by Gasteiger charge is 2.36. The molecule has 19 heavy (non-hydrogen) atoms. The molecule has 0 N–H and O–H groups in total. The molecule has 0 spiro atoms. The van der Waals surface area contributed by atoms with Gasteiger partial charge in [0.05, 0.1) is 13.2 Å². The summed E-state index contributed by atoms with van der Waals surface area (Å²) in [6, 6.07) is 15.9. The lowest BCUT2D eigenvalue weighted by Crippen LogP contribution is -1.96. The molecule has 0 amide bonds. The van der Waals surface area contributed by atoms with E-state index in [9.17, 15) is 0 Å². The Kier molecular flexibility index (Phi) is 2.53. The first-order valence-electron chi connectivity index (χ1n) is 6.51. The topological polar surface area (TPSA) is 34.3 Å². The van der Waals surface area contributed by atoms with Gasteiger partial charge in [0.2, 0.25) is 0 Å². The van der Waals surface area contributed by atoms with Crippen LogP contribution in [0.1, 0.15) is 23.3 Å². The Labute approximate surface area is 111 Å². The Balaban J connectivity index is 1.72. The number of para-hydroxylation sites is 1. The molecule has 2 unspecified atom stereocenters. The normalized spacial score (nSPS) is 24.0. The zero-order valence-electron chi connectivity index (χ0n) is 10.4. The van der Waals surface area contributed by atoms with Gasteiger partial charge >= 0.3 is 0 Å². The maximum absolute atomic E-state index is 5.99. The van der Waals surface area contributed by atoms with E-state index in [-0.39, 0.29) is 12.2 Å². The molecule has 0 aromatic heterocycles. The molecule has 2 saturated heterocycles. The van der Waals surface area contributed by atoms with Gasteiger partial charge in [-0.2, -0.15) is 0 Å². The predicted molar refractivity (Wildman–Crippen MR) is 70.3 cm³/mol. The fourth-order valence-electron chi connectivity index (χ4n) is 2.33. The third-order valence-electron chi connectivity index (χ3n) is 3.41. The van der Waals surface area contributed by atoms with Crippen LogP contribution in [-0.2, 0) is 9.47 Å². The molecule has 4 rings (SSSR count). The summed E-state index contributed by atoms with van der Waals surface area (Å²) >= 11 is 0. The molecule has 0 aliphatic carbocycles. The van der Waals surface area contributed by atoms with Crippen LogP contribution in [0, 0.1) is 0 Å². The first-order chi connectivity index (χ1) is 9.42. The average molecular weight is 254 g/mol. The summed E-state index contributed by atoms with van der Waals surface area (Å²) in [6.07, 6.45) is 0.387. The van der Waals surface area contributed by atoms with Crippen molar-refractivity contribution in [3.63, 3.8) is 0 Å². The van der Waals surface area contributed by atoms with Crippen LogP contribution >= 0.6 is 0 Å². The summed E-state index contributed by atoms with van der Waals surface area (Å²) in [5.41, 5.74) is 2.35. The van der Waals surface area contributed by atoms with Crippen LogP contribution in [0.15, 0.2) is 48.5 Å². The van der Waals surface area contributed by atoms with Gasteiger partial charge < -0.3 is 14.2 Å². The first kappa shape index (κ1) is 11.0. The van der Waals surface area contributed by atoms with E-state index < -0.39 is 0 Å². The minimum atomic E-state index is 0.166. The van der Waals surface area contributed by atoms with E-state index in [0.29, 0.717) is 0 Å². The Morgan fingerprint density at radius 1 is 0.842 bits per heavy atom. The third kappa shape index (κ3) is 2.23. The van der Waals surface area contributed by atoms with Crippen LogP contribution in [0.5, 0.6) is 11.5 Å². The van der Waals surface area contributed by atoms with E-state index in [1.807, 2.05) is 42.5 Å². The smallest absolute Gasteiger partial charge is 0.133 e. The fourth-order valence-corrected chi connectivity index (χ4v) is 2.33. The highest BCUT2D eigenvalue weighted by Crippen LogP contribution is 2.45. The van der Waals surface area contributed by atoms with Crippen molar-refractivity contribution in [1.29, 1.82) is 0 Å². The second kappa shape index (κ2) is 4.37. The van der Waals surface area contributed by atoms with Crippen LogP contribution in [-0.4, -0.2) is 13.2 Å². The quantitative estimate of drug-likeness (QED) is 0.781. The molecule has 2 atom stereocenters. The number of rotatable bonds is 4. The monoisotopic (exact) mass is 254 g/mol. The summed E-state index contributed by atoms with van der Waals surface area (Å²) in [4.78, 5) is 0. The van der Waals surface area contributed by atoms with Crippen LogP contribution in [0.2, 0.25) is 0 Å². The van der Waals surface area contributed by atoms with Crippen molar-refractivity contribution in [2.75, 3.05) is 13.2 Å². The molecule has 3 nitrogen and oxygen atoms in total. The fraction of sp³-hybridized carbons (Fsp3) is 0.250. The molecule has 2 aliphatic heterocycles. The van der Waals surface area contributed by atoms with E-state index in [0.717, 1.165) is 30.3 Å². The van der Waals surface area contributed by atoms with Gasteiger partial charge in [0, 0.05) is 5.56 Å². The largest absolute Gasteiger partial charge is 0.457 e. The van der Waals surface area contributed by atoms with Crippen LogP contribution in [0.4, 0.5) is 0 Å². The van der Waals surface area contributed by atoms with Crippen molar-refractivity contribution >= 4 is 0 Å². The SMILES string of the molecule is c1ccc(Oc2cccc(C3CO3)c2C2CO2)cc1. The van der Waals surface area contributed by atoms with Crippen molar-refractivity contribution in [2.24, 2.45) is 0 Å². The molecule has 2 aliphatic rings. The summed E-state index contributed by atoms with van der Waals surface area (Å²) in [7, 11) is 0. The van der Waals surface area contributed by atoms with Gasteiger partial charge in [-0.25, -0.2) is 0 Å². The summed E-state index contributed by atoms with van der Waals surface area (Å²) in [5, 5.41) is 0. The minimum absolute atomic E-state index is 0.166. The zero-order chi connectivity index (χ0) is 12.7. The lowest BCUT2D eigenvalue weighted by atomic mass is 10.0. The highest BCUT2D eigenvalue weighted by atomic mass is 16.6. The molecule has 2 fully saturated rings. The number of ether oxygens (including phenoxy) is 3. The van der Waals surface area contributed by atoms with Crippen molar-refractivity contribution in [2.45, 2.75) is 12.2 Å². The highest BCUT2D eigenvalue weighted by molar-refractivity contribution is 5.47. The molecule has 96 valence electrons. The van der Waals surface area contributed by atoms with Gasteiger partial charge in [-0.15, -0.1) is 0 Å². The number of epoxide rings is 2. The van der Waals surface area contributed by atoms with Crippen LogP contribution < -0.4 is 4.74 Å². The molecule has 0 bridgehead atoms. The standard InChI is InChI=1S/C16H14O3/c1-2-5-11(6-3-1)19-13-8-4-7-12(14-9-17-14)16(13)15-10-18-15/h1-8,14-15H,9-10H2.